The van der Waals surface area contributed by atoms with Gasteiger partial charge in [0.1, 0.15) is 0 Å². The van der Waals surface area contributed by atoms with E-state index in [0.29, 0.717) is 0 Å². The third-order valence-electron chi connectivity index (χ3n) is 1.18. The van der Waals surface area contributed by atoms with E-state index >= 15 is 0 Å². The van der Waals surface area contributed by atoms with Crippen molar-refractivity contribution in [1.29, 1.82) is 0 Å². The Bertz CT molecular complexity index is 351. The van der Waals surface area contributed by atoms with Gasteiger partial charge in [-0.2, -0.15) is 0 Å². The summed E-state index contributed by atoms with van der Waals surface area (Å²) < 4.78 is 22.8. The number of imidazole rings is 1. The number of sulfonamides is 1. The fraction of sp³-hybridized carbons (Fsp3) is 0.250. The lowest BCUT2D eigenvalue weighted by atomic mass is 10.8. The molecule has 0 aliphatic carbocycles. The summed E-state index contributed by atoms with van der Waals surface area (Å²) in [6.07, 6.45) is 1.29. The average Bonchev–Trinajstić information content (AvgIpc) is 2.08. The molecule has 1 aromatic heterocycles. The van der Waals surface area contributed by atoms with E-state index in [1.54, 1.807) is 0 Å². The predicted molar refractivity (Wildman–Crippen MR) is 46.2 cm³/mol. The molecule has 0 saturated carbocycles. The molecule has 0 bridgehead atoms. The molecule has 0 amide bonds. The maximum absolute atomic E-state index is 10.8. The topological polar surface area (TPSA) is 104 Å². The van der Waals surface area contributed by atoms with Gasteiger partial charge in [0.15, 0.2) is 10.8 Å². The van der Waals surface area contributed by atoms with E-state index in [0.717, 1.165) is 0 Å². The first-order chi connectivity index (χ1) is 4.93. The van der Waals surface area contributed by atoms with E-state index in [9.17, 15) is 8.42 Å². The molecule has 0 radical (unpaired) electrons. The number of aromatic nitrogens is 2. The Morgan fingerprint density at radius 3 is 2.25 bits per heavy atom. The van der Waals surface area contributed by atoms with Crippen LogP contribution in [0.15, 0.2) is 11.4 Å². The minimum Gasteiger partial charge on any atom is -0.381 e. The Morgan fingerprint density at radius 2 is 2.08 bits per heavy atom. The van der Waals surface area contributed by atoms with Crippen molar-refractivity contribution < 1.29 is 8.42 Å². The van der Waals surface area contributed by atoms with Gasteiger partial charge in [-0.1, -0.05) is 0 Å². The normalized spacial score (nSPS) is 10.8. The Hall–Kier alpha value is -0.790. The molecular formula is C4H9ClN4O2S. The van der Waals surface area contributed by atoms with Crippen LogP contribution in [0.5, 0.6) is 0 Å². The van der Waals surface area contributed by atoms with Gasteiger partial charge in [-0.05, 0) is 0 Å². The average molecular weight is 213 g/mol. The molecule has 0 atom stereocenters. The first-order valence-corrected chi connectivity index (χ1v) is 4.27. The van der Waals surface area contributed by atoms with E-state index < -0.39 is 10.0 Å². The number of primary sulfonamides is 1. The van der Waals surface area contributed by atoms with Crippen LogP contribution in [-0.2, 0) is 17.1 Å². The lowest BCUT2D eigenvalue weighted by molar-refractivity contribution is 0.588. The van der Waals surface area contributed by atoms with E-state index in [4.69, 9.17) is 10.9 Å². The van der Waals surface area contributed by atoms with E-state index in [-0.39, 0.29) is 23.3 Å². The molecule has 0 saturated heterocycles. The molecule has 1 heterocycles. The van der Waals surface area contributed by atoms with Crippen molar-refractivity contribution >= 4 is 28.2 Å². The molecule has 0 unspecified atom stereocenters. The standard InChI is InChI=1S/C4H8N4O2S.ClH/c1-8-2-7-3(5)4(8)11(6,9)10;/h2H,5H2,1H3,(H2,6,9,10);1H. The number of hydrogen-bond donors (Lipinski definition) is 2. The zero-order valence-electron chi connectivity index (χ0n) is 6.26. The molecule has 0 aromatic carbocycles. The van der Waals surface area contributed by atoms with E-state index in [1.807, 2.05) is 0 Å². The molecule has 1 aromatic rings. The number of hydrogen-bond acceptors (Lipinski definition) is 4. The van der Waals surface area contributed by atoms with E-state index in [1.165, 1.54) is 17.9 Å². The Labute approximate surface area is 76.0 Å². The summed E-state index contributed by atoms with van der Waals surface area (Å²) in [6.45, 7) is 0. The SMILES string of the molecule is Cl.Cn1cnc(N)c1S(N)(=O)=O. The summed E-state index contributed by atoms with van der Waals surface area (Å²) in [4.78, 5) is 3.56. The largest absolute Gasteiger partial charge is 0.381 e. The number of halogens is 1. The maximum Gasteiger partial charge on any atom is 0.257 e. The summed E-state index contributed by atoms with van der Waals surface area (Å²) >= 11 is 0. The second kappa shape index (κ2) is 3.30. The minimum atomic E-state index is -3.75. The van der Waals surface area contributed by atoms with Gasteiger partial charge in [0.25, 0.3) is 10.0 Å². The zero-order chi connectivity index (χ0) is 8.65. The first kappa shape index (κ1) is 11.2. The van der Waals surface area contributed by atoms with Crippen molar-refractivity contribution in [3.05, 3.63) is 6.33 Å². The zero-order valence-corrected chi connectivity index (χ0v) is 7.89. The van der Waals surface area contributed by atoms with E-state index in [2.05, 4.69) is 4.98 Å². The Morgan fingerprint density at radius 1 is 1.58 bits per heavy atom. The van der Waals surface area contributed by atoms with Gasteiger partial charge in [-0.3, -0.25) is 0 Å². The Kier molecular flexibility index (Phi) is 3.08. The molecule has 70 valence electrons. The van der Waals surface area contributed by atoms with Crippen LogP contribution in [0, 0.1) is 0 Å². The van der Waals surface area contributed by atoms with Crippen molar-refractivity contribution in [2.45, 2.75) is 5.03 Å². The van der Waals surface area contributed by atoms with Gasteiger partial charge in [0, 0.05) is 7.05 Å². The molecule has 1 rings (SSSR count). The lowest BCUT2D eigenvalue weighted by Gasteiger charge is -1.98. The monoisotopic (exact) mass is 212 g/mol. The fourth-order valence-corrected chi connectivity index (χ4v) is 1.58. The second-order valence-corrected chi connectivity index (χ2v) is 3.57. The highest BCUT2D eigenvalue weighted by molar-refractivity contribution is 7.89. The molecule has 6 nitrogen and oxygen atoms in total. The van der Waals surface area contributed by atoms with Crippen molar-refractivity contribution in [2.24, 2.45) is 12.2 Å². The summed E-state index contributed by atoms with van der Waals surface area (Å²) in [5.41, 5.74) is 5.24. The lowest BCUT2D eigenvalue weighted by Crippen LogP contribution is -2.17. The molecule has 8 heteroatoms. The van der Waals surface area contributed by atoms with Crippen LogP contribution in [0.3, 0.4) is 0 Å². The van der Waals surface area contributed by atoms with Crippen molar-refractivity contribution in [2.75, 3.05) is 5.73 Å². The van der Waals surface area contributed by atoms with Gasteiger partial charge in [-0.15, -0.1) is 12.4 Å². The van der Waals surface area contributed by atoms with Crippen LogP contribution in [0.2, 0.25) is 0 Å². The number of anilines is 1. The van der Waals surface area contributed by atoms with Crippen LogP contribution >= 0.6 is 12.4 Å². The molecule has 0 aliphatic rings. The van der Waals surface area contributed by atoms with Crippen LogP contribution in [0.4, 0.5) is 5.82 Å². The number of aryl methyl sites for hydroxylation is 1. The molecule has 0 aliphatic heterocycles. The summed E-state index contributed by atoms with van der Waals surface area (Å²) in [7, 11) is -2.24. The van der Waals surface area contributed by atoms with Gasteiger partial charge >= 0.3 is 0 Å². The third kappa shape index (κ3) is 1.87. The highest BCUT2D eigenvalue weighted by Crippen LogP contribution is 2.12. The first-order valence-electron chi connectivity index (χ1n) is 2.72. The third-order valence-corrected chi connectivity index (χ3v) is 2.22. The van der Waals surface area contributed by atoms with Crippen LogP contribution in [0.1, 0.15) is 0 Å². The van der Waals surface area contributed by atoms with Crippen molar-refractivity contribution in [1.82, 2.24) is 9.55 Å². The molecular weight excluding hydrogens is 204 g/mol. The van der Waals surface area contributed by atoms with Crippen LogP contribution in [-0.4, -0.2) is 18.0 Å². The summed E-state index contributed by atoms with van der Waals surface area (Å²) in [6, 6.07) is 0. The maximum atomic E-state index is 10.8. The highest BCUT2D eigenvalue weighted by atomic mass is 35.5. The number of rotatable bonds is 1. The van der Waals surface area contributed by atoms with Gasteiger partial charge in [-0.25, -0.2) is 18.5 Å². The predicted octanol–water partition coefficient (Wildman–Crippen LogP) is -0.929. The smallest absolute Gasteiger partial charge is 0.257 e. The van der Waals surface area contributed by atoms with Crippen molar-refractivity contribution in [3.8, 4) is 0 Å². The highest BCUT2D eigenvalue weighted by Gasteiger charge is 2.16. The molecule has 4 N–H and O–H groups in total. The van der Waals surface area contributed by atoms with Crippen molar-refractivity contribution in [3.63, 3.8) is 0 Å². The molecule has 0 spiro atoms. The number of nitrogens with zero attached hydrogens (tertiary/aromatic N) is 2. The van der Waals surface area contributed by atoms with Gasteiger partial charge in [0.05, 0.1) is 6.33 Å². The fourth-order valence-electron chi connectivity index (χ4n) is 0.784. The summed E-state index contributed by atoms with van der Waals surface area (Å²) in [5.74, 6) is -0.0741. The number of nitrogens with two attached hydrogens (primary N) is 2. The molecule has 0 fully saturated rings. The van der Waals surface area contributed by atoms with Crippen LogP contribution in [0.25, 0.3) is 0 Å². The Balaban J connectivity index is 0.00000121. The quantitative estimate of drug-likeness (QED) is 0.628. The number of nitrogen functional groups attached to an aromatic ring is 1. The van der Waals surface area contributed by atoms with Crippen LogP contribution < -0.4 is 10.9 Å². The van der Waals surface area contributed by atoms with Gasteiger partial charge in [0.2, 0.25) is 0 Å². The molecule has 12 heavy (non-hydrogen) atoms. The van der Waals surface area contributed by atoms with Gasteiger partial charge < -0.3 is 10.3 Å². The minimum absolute atomic E-state index is 0. The summed E-state index contributed by atoms with van der Waals surface area (Å²) in [5, 5.41) is 4.68. The second-order valence-electron chi connectivity index (χ2n) is 2.09.